The van der Waals surface area contributed by atoms with Gasteiger partial charge in [0.25, 0.3) is 0 Å². The maximum atomic E-state index is 12.5. The van der Waals surface area contributed by atoms with E-state index in [0.29, 0.717) is 24.4 Å². The molecule has 2 N–H and O–H groups in total. The second-order valence-corrected chi connectivity index (χ2v) is 6.18. The van der Waals surface area contributed by atoms with E-state index in [-0.39, 0.29) is 5.92 Å². The van der Waals surface area contributed by atoms with Gasteiger partial charge in [0, 0.05) is 25.6 Å². The molecule has 4 heteroatoms. The molecule has 0 aromatic carbocycles. The number of hydrogen-bond acceptors (Lipinski definition) is 3. The van der Waals surface area contributed by atoms with Crippen LogP contribution in [-0.4, -0.2) is 55.0 Å². The van der Waals surface area contributed by atoms with Crippen LogP contribution >= 0.6 is 0 Å². The molecule has 19 heavy (non-hydrogen) atoms. The lowest BCUT2D eigenvalue weighted by atomic mass is 9.94. The number of rotatable bonds is 5. The fraction of sp³-hybridized carbons (Fsp3) is 0.933. The first kappa shape index (κ1) is 14.8. The second-order valence-electron chi connectivity index (χ2n) is 6.18. The Bertz CT molecular complexity index is 308. The third-order valence-electron chi connectivity index (χ3n) is 5.05. The van der Waals surface area contributed by atoms with Crippen molar-refractivity contribution >= 4 is 5.91 Å². The highest BCUT2D eigenvalue weighted by atomic mass is 16.2. The molecule has 3 atom stereocenters. The Kier molecular flexibility index (Phi) is 5.22. The van der Waals surface area contributed by atoms with E-state index < -0.39 is 0 Å². The molecule has 0 aromatic rings. The molecule has 0 radical (unpaired) electrons. The molecular formula is C15H29N3O. The van der Waals surface area contributed by atoms with Gasteiger partial charge in [0.1, 0.15) is 0 Å². The quantitative estimate of drug-likeness (QED) is 0.817. The molecule has 1 aliphatic heterocycles. The van der Waals surface area contributed by atoms with Crippen molar-refractivity contribution in [1.29, 1.82) is 0 Å². The zero-order chi connectivity index (χ0) is 13.8. The van der Waals surface area contributed by atoms with E-state index in [2.05, 4.69) is 11.8 Å². The Balaban J connectivity index is 1.88. The van der Waals surface area contributed by atoms with Gasteiger partial charge in [-0.3, -0.25) is 9.69 Å². The van der Waals surface area contributed by atoms with Gasteiger partial charge in [-0.25, -0.2) is 0 Å². The van der Waals surface area contributed by atoms with Gasteiger partial charge in [0.15, 0.2) is 0 Å². The van der Waals surface area contributed by atoms with Crippen LogP contribution in [0.5, 0.6) is 0 Å². The van der Waals surface area contributed by atoms with Crippen molar-refractivity contribution in [2.45, 2.75) is 45.1 Å². The number of amides is 1. The van der Waals surface area contributed by atoms with Crippen LogP contribution in [0.15, 0.2) is 0 Å². The molecule has 1 heterocycles. The van der Waals surface area contributed by atoms with Crippen LogP contribution in [0.2, 0.25) is 0 Å². The predicted molar refractivity (Wildman–Crippen MR) is 77.8 cm³/mol. The standard InChI is InChI=1S/C15H29N3O/c1-3-18-9-5-7-13(18)11-17(2)15(19)14-8-4-6-12(14)10-16/h12-14H,3-11,16H2,1-2H3/t12-,13?,14-/m1/s1. The highest BCUT2D eigenvalue weighted by Crippen LogP contribution is 2.32. The van der Waals surface area contributed by atoms with Crippen LogP contribution in [0.25, 0.3) is 0 Å². The van der Waals surface area contributed by atoms with Crippen LogP contribution < -0.4 is 5.73 Å². The fourth-order valence-electron chi connectivity index (χ4n) is 3.85. The fourth-order valence-corrected chi connectivity index (χ4v) is 3.85. The summed E-state index contributed by atoms with van der Waals surface area (Å²) in [6, 6.07) is 0.566. The molecule has 1 aliphatic carbocycles. The first-order valence-corrected chi connectivity index (χ1v) is 7.86. The number of carbonyl (C=O) groups excluding carboxylic acids is 1. The zero-order valence-electron chi connectivity index (χ0n) is 12.5. The molecule has 1 amide bonds. The summed E-state index contributed by atoms with van der Waals surface area (Å²) in [5, 5.41) is 0. The topological polar surface area (TPSA) is 49.6 Å². The average molecular weight is 267 g/mol. The number of nitrogens with zero attached hydrogens (tertiary/aromatic N) is 2. The first-order chi connectivity index (χ1) is 9.17. The van der Waals surface area contributed by atoms with Gasteiger partial charge >= 0.3 is 0 Å². The zero-order valence-corrected chi connectivity index (χ0v) is 12.5. The van der Waals surface area contributed by atoms with E-state index in [1.807, 2.05) is 11.9 Å². The molecule has 1 saturated carbocycles. The van der Waals surface area contributed by atoms with Gasteiger partial charge in [-0.05, 0) is 51.2 Å². The third-order valence-corrected chi connectivity index (χ3v) is 5.05. The number of likely N-dealkylation sites (tertiary alicyclic amines) is 1. The van der Waals surface area contributed by atoms with Crippen LogP contribution in [0.3, 0.4) is 0 Å². The molecule has 4 nitrogen and oxygen atoms in total. The van der Waals surface area contributed by atoms with E-state index in [4.69, 9.17) is 5.73 Å². The molecule has 2 rings (SSSR count). The molecular weight excluding hydrogens is 238 g/mol. The second kappa shape index (κ2) is 6.71. The summed E-state index contributed by atoms with van der Waals surface area (Å²) >= 11 is 0. The summed E-state index contributed by atoms with van der Waals surface area (Å²) in [5.41, 5.74) is 5.79. The van der Waals surface area contributed by atoms with E-state index in [9.17, 15) is 4.79 Å². The monoisotopic (exact) mass is 267 g/mol. The van der Waals surface area contributed by atoms with Crippen molar-refractivity contribution in [2.75, 3.05) is 33.2 Å². The minimum Gasteiger partial charge on any atom is -0.344 e. The summed E-state index contributed by atoms with van der Waals surface area (Å²) in [4.78, 5) is 17.0. The van der Waals surface area contributed by atoms with Gasteiger partial charge in [-0.15, -0.1) is 0 Å². The molecule has 1 unspecified atom stereocenters. The number of nitrogens with two attached hydrogens (primary N) is 1. The molecule has 1 saturated heterocycles. The maximum absolute atomic E-state index is 12.5. The van der Waals surface area contributed by atoms with Crippen molar-refractivity contribution in [3.63, 3.8) is 0 Å². The summed E-state index contributed by atoms with van der Waals surface area (Å²) in [5.74, 6) is 0.934. The lowest BCUT2D eigenvalue weighted by Crippen LogP contribution is -2.44. The number of hydrogen-bond donors (Lipinski definition) is 1. The highest BCUT2D eigenvalue weighted by Gasteiger charge is 2.35. The molecule has 0 aromatic heterocycles. The first-order valence-electron chi connectivity index (χ1n) is 7.86. The maximum Gasteiger partial charge on any atom is 0.225 e. The Labute approximate surface area is 117 Å². The lowest BCUT2D eigenvalue weighted by Gasteiger charge is -2.30. The Morgan fingerprint density at radius 3 is 2.79 bits per heavy atom. The van der Waals surface area contributed by atoms with Crippen molar-refractivity contribution in [1.82, 2.24) is 9.80 Å². The summed E-state index contributed by atoms with van der Waals surface area (Å²) in [6.45, 7) is 6.05. The van der Waals surface area contributed by atoms with Gasteiger partial charge in [-0.1, -0.05) is 13.3 Å². The summed E-state index contributed by atoms with van der Waals surface area (Å²) in [6.07, 6.45) is 5.83. The van der Waals surface area contributed by atoms with E-state index in [0.717, 1.165) is 32.4 Å². The Morgan fingerprint density at radius 1 is 1.32 bits per heavy atom. The van der Waals surface area contributed by atoms with Gasteiger partial charge in [0.05, 0.1) is 0 Å². The molecule has 2 aliphatic rings. The van der Waals surface area contributed by atoms with Crippen LogP contribution in [0, 0.1) is 11.8 Å². The van der Waals surface area contributed by atoms with Gasteiger partial charge in [0.2, 0.25) is 5.91 Å². The Hall–Kier alpha value is -0.610. The number of carbonyl (C=O) groups is 1. The highest BCUT2D eigenvalue weighted by molar-refractivity contribution is 5.79. The Morgan fingerprint density at radius 2 is 2.11 bits per heavy atom. The van der Waals surface area contributed by atoms with Crippen molar-refractivity contribution < 1.29 is 4.79 Å². The smallest absolute Gasteiger partial charge is 0.225 e. The predicted octanol–water partition coefficient (Wildman–Crippen LogP) is 1.30. The normalized spacial score (nSPS) is 31.8. The van der Waals surface area contributed by atoms with Gasteiger partial charge < -0.3 is 10.6 Å². The third kappa shape index (κ3) is 3.29. The van der Waals surface area contributed by atoms with Crippen molar-refractivity contribution in [2.24, 2.45) is 17.6 Å². The number of likely N-dealkylation sites (N-methyl/N-ethyl adjacent to an activating group) is 2. The van der Waals surface area contributed by atoms with Gasteiger partial charge in [-0.2, -0.15) is 0 Å². The van der Waals surface area contributed by atoms with E-state index >= 15 is 0 Å². The van der Waals surface area contributed by atoms with E-state index in [1.54, 1.807) is 0 Å². The largest absolute Gasteiger partial charge is 0.344 e. The lowest BCUT2D eigenvalue weighted by molar-refractivity contribution is -0.135. The SMILES string of the molecule is CCN1CCCC1CN(C)C(=O)[C@@H]1CCC[C@@H]1CN. The van der Waals surface area contributed by atoms with Crippen LogP contribution in [-0.2, 0) is 4.79 Å². The molecule has 0 bridgehead atoms. The summed E-state index contributed by atoms with van der Waals surface area (Å²) in [7, 11) is 1.97. The summed E-state index contributed by atoms with van der Waals surface area (Å²) < 4.78 is 0. The van der Waals surface area contributed by atoms with Crippen molar-refractivity contribution in [3.8, 4) is 0 Å². The van der Waals surface area contributed by atoms with Crippen LogP contribution in [0.4, 0.5) is 0 Å². The minimum atomic E-state index is 0.187. The molecule has 2 fully saturated rings. The van der Waals surface area contributed by atoms with Crippen LogP contribution in [0.1, 0.15) is 39.0 Å². The minimum absolute atomic E-state index is 0.187. The van der Waals surface area contributed by atoms with Crippen molar-refractivity contribution in [3.05, 3.63) is 0 Å². The van der Waals surface area contributed by atoms with E-state index in [1.165, 1.54) is 19.4 Å². The average Bonchev–Trinajstić information content (AvgIpc) is 3.05. The molecule has 0 spiro atoms. The molecule has 110 valence electrons.